The van der Waals surface area contributed by atoms with E-state index in [4.69, 9.17) is 9.15 Å². The molecular weight excluding hydrogens is 292 g/mol. The van der Waals surface area contributed by atoms with Gasteiger partial charge in [-0.25, -0.2) is 4.79 Å². The number of likely N-dealkylation sites (tertiary alicyclic amines) is 1. The van der Waals surface area contributed by atoms with Crippen molar-refractivity contribution in [2.45, 2.75) is 58.6 Å². The largest absolute Gasteiger partial charge is 0.468 e. The first-order chi connectivity index (χ1) is 10.9. The van der Waals surface area contributed by atoms with Crippen LogP contribution < -0.4 is 5.32 Å². The Morgan fingerprint density at radius 1 is 1.52 bits per heavy atom. The zero-order valence-corrected chi connectivity index (χ0v) is 14.8. The van der Waals surface area contributed by atoms with Crippen molar-refractivity contribution in [2.75, 3.05) is 19.6 Å². The Morgan fingerprint density at radius 2 is 2.30 bits per heavy atom. The van der Waals surface area contributed by atoms with Crippen LogP contribution in [0, 0.1) is 5.92 Å². The smallest absolute Gasteiger partial charge is 0.410 e. The van der Waals surface area contributed by atoms with Gasteiger partial charge in [0.15, 0.2) is 0 Å². The maximum Gasteiger partial charge on any atom is 0.410 e. The summed E-state index contributed by atoms with van der Waals surface area (Å²) >= 11 is 0. The highest BCUT2D eigenvalue weighted by Crippen LogP contribution is 2.21. The second-order valence-electron chi connectivity index (χ2n) is 7.32. The molecule has 2 atom stereocenters. The maximum atomic E-state index is 12.2. The van der Waals surface area contributed by atoms with E-state index in [-0.39, 0.29) is 12.1 Å². The Hall–Kier alpha value is -1.49. The van der Waals surface area contributed by atoms with Gasteiger partial charge in [-0.2, -0.15) is 0 Å². The molecule has 23 heavy (non-hydrogen) atoms. The van der Waals surface area contributed by atoms with E-state index < -0.39 is 5.60 Å². The molecule has 5 nitrogen and oxygen atoms in total. The van der Waals surface area contributed by atoms with Crippen molar-refractivity contribution >= 4 is 6.09 Å². The van der Waals surface area contributed by atoms with E-state index in [2.05, 4.69) is 12.2 Å². The zero-order valence-electron chi connectivity index (χ0n) is 14.8. The van der Waals surface area contributed by atoms with E-state index in [1.165, 1.54) is 0 Å². The van der Waals surface area contributed by atoms with E-state index in [0.29, 0.717) is 5.92 Å². The molecule has 1 aromatic rings. The second kappa shape index (κ2) is 7.86. The molecule has 0 aliphatic carbocycles. The molecule has 1 amide bonds. The van der Waals surface area contributed by atoms with Gasteiger partial charge < -0.3 is 19.4 Å². The molecule has 0 spiro atoms. The molecule has 0 saturated carbocycles. The number of amides is 1. The van der Waals surface area contributed by atoms with Crippen LogP contribution in [-0.2, 0) is 4.74 Å². The Labute approximate surface area is 139 Å². The lowest BCUT2D eigenvalue weighted by atomic mass is 9.97. The molecular formula is C18H30N2O3. The fourth-order valence-electron chi connectivity index (χ4n) is 2.97. The third kappa shape index (κ3) is 5.57. The summed E-state index contributed by atoms with van der Waals surface area (Å²) in [7, 11) is 0. The standard InChI is InChI=1S/C18H30N2O3/c1-5-15(16-9-7-11-22-16)19-12-14-8-6-10-20(13-14)17(21)23-18(2,3)4/h7,9,11,14-15,19H,5-6,8,10,12-13H2,1-4H3. The summed E-state index contributed by atoms with van der Waals surface area (Å²) in [5.41, 5.74) is -0.436. The van der Waals surface area contributed by atoms with E-state index in [1.807, 2.05) is 37.8 Å². The van der Waals surface area contributed by atoms with Gasteiger partial charge in [-0.3, -0.25) is 0 Å². The molecule has 5 heteroatoms. The normalized spacial score (nSPS) is 20.3. The highest BCUT2D eigenvalue weighted by Gasteiger charge is 2.28. The monoisotopic (exact) mass is 322 g/mol. The average molecular weight is 322 g/mol. The molecule has 1 fully saturated rings. The van der Waals surface area contributed by atoms with Crippen LogP contribution in [0.2, 0.25) is 0 Å². The van der Waals surface area contributed by atoms with Crippen LogP contribution >= 0.6 is 0 Å². The van der Waals surface area contributed by atoms with Crippen molar-refractivity contribution in [1.29, 1.82) is 0 Å². The van der Waals surface area contributed by atoms with Gasteiger partial charge >= 0.3 is 6.09 Å². The fourth-order valence-corrected chi connectivity index (χ4v) is 2.97. The molecule has 2 heterocycles. The minimum atomic E-state index is -0.436. The number of hydrogen-bond acceptors (Lipinski definition) is 4. The van der Waals surface area contributed by atoms with Gasteiger partial charge in [-0.1, -0.05) is 6.92 Å². The van der Waals surface area contributed by atoms with Gasteiger partial charge in [-0.05, 0) is 58.1 Å². The van der Waals surface area contributed by atoms with Gasteiger partial charge in [0.25, 0.3) is 0 Å². The number of carbonyl (C=O) groups excluding carboxylic acids is 1. The minimum Gasteiger partial charge on any atom is -0.468 e. The minimum absolute atomic E-state index is 0.194. The highest BCUT2D eigenvalue weighted by atomic mass is 16.6. The molecule has 2 unspecified atom stereocenters. The molecule has 0 bridgehead atoms. The van der Waals surface area contributed by atoms with Gasteiger partial charge in [0.2, 0.25) is 0 Å². The number of nitrogens with one attached hydrogen (secondary N) is 1. The summed E-state index contributed by atoms with van der Waals surface area (Å²) in [6, 6.07) is 4.17. The second-order valence-corrected chi connectivity index (χ2v) is 7.32. The van der Waals surface area contributed by atoms with Gasteiger partial charge in [-0.15, -0.1) is 0 Å². The van der Waals surface area contributed by atoms with E-state index in [9.17, 15) is 4.79 Å². The zero-order chi connectivity index (χ0) is 16.9. The fraction of sp³-hybridized carbons (Fsp3) is 0.722. The molecule has 1 saturated heterocycles. The predicted molar refractivity (Wildman–Crippen MR) is 90.3 cm³/mol. The molecule has 0 aromatic carbocycles. The van der Waals surface area contributed by atoms with Crippen LogP contribution in [-0.4, -0.2) is 36.2 Å². The average Bonchev–Trinajstić information content (AvgIpc) is 3.01. The van der Waals surface area contributed by atoms with Gasteiger partial charge in [0.05, 0.1) is 12.3 Å². The number of piperidine rings is 1. The third-order valence-corrected chi connectivity index (χ3v) is 4.12. The number of rotatable bonds is 5. The quantitative estimate of drug-likeness (QED) is 0.891. The van der Waals surface area contributed by atoms with E-state index in [0.717, 1.165) is 44.7 Å². The SMILES string of the molecule is CCC(NCC1CCCN(C(=O)OC(C)(C)C)C1)c1ccco1. The van der Waals surface area contributed by atoms with Crippen molar-refractivity contribution < 1.29 is 13.9 Å². The van der Waals surface area contributed by atoms with Crippen molar-refractivity contribution in [3.8, 4) is 0 Å². The van der Waals surface area contributed by atoms with Crippen LogP contribution in [0.3, 0.4) is 0 Å². The Kier molecular flexibility index (Phi) is 6.10. The molecule has 1 aliphatic rings. The molecule has 2 rings (SSSR count). The lowest BCUT2D eigenvalue weighted by Gasteiger charge is -2.34. The first kappa shape index (κ1) is 17.9. The molecule has 1 aliphatic heterocycles. The number of carbonyl (C=O) groups is 1. The molecule has 0 radical (unpaired) electrons. The topological polar surface area (TPSA) is 54.7 Å². The predicted octanol–water partition coefficient (Wildman–Crippen LogP) is 3.97. The first-order valence-electron chi connectivity index (χ1n) is 8.63. The number of hydrogen-bond donors (Lipinski definition) is 1. The lowest BCUT2D eigenvalue weighted by molar-refractivity contribution is 0.0165. The van der Waals surface area contributed by atoms with Crippen LogP contribution in [0.15, 0.2) is 22.8 Å². The summed E-state index contributed by atoms with van der Waals surface area (Å²) < 4.78 is 11.0. The van der Waals surface area contributed by atoms with Crippen LogP contribution in [0.5, 0.6) is 0 Å². The summed E-state index contributed by atoms with van der Waals surface area (Å²) in [5, 5.41) is 3.58. The Bertz CT molecular complexity index is 479. The van der Waals surface area contributed by atoms with Crippen LogP contribution in [0.1, 0.15) is 58.8 Å². The Balaban J connectivity index is 1.83. The number of furan rings is 1. The number of ether oxygens (including phenoxy) is 1. The molecule has 1 aromatic heterocycles. The van der Waals surface area contributed by atoms with Gasteiger partial charge in [0, 0.05) is 19.6 Å². The van der Waals surface area contributed by atoms with Crippen molar-refractivity contribution in [2.24, 2.45) is 5.92 Å². The highest BCUT2D eigenvalue weighted by molar-refractivity contribution is 5.68. The van der Waals surface area contributed by atoms with E-state index >= 15 is 0 Å². The van der Waals surface area contributed by atoms with Crippen LogP contribution in [0.25, 0.3) is 0 Å². The van der Waals surface area contributed by atoms with Gasteiger partial charge in [0.1, 0.15) is 11.4 Å². The van der Waals surface area contributed by atoms with Crippen molar-refractivity contribution in [3.63, 3.8) is 0 Å². The summed E-state index contributed by atoms with van der Waals surface area (Å²) in [4.78, 5) is 14.1. The summed E-state index contributed by atoms with van der Waals surface area (Å²) in [5.74, 6) is 1.44. The van der Waals surface area contributed by atoms with Crippen molar-refractivity contribution in [1.82, 2.24) is 10.2 Å². The van der Waals surface area contributed by atoms with E-state index in [1.54, 1.807) is 6.26 Å². The Morgan fingerprint density at radius 3 is 2.91 bits per heavy atom. The molecule has 130 valence electrons. The lowest BCUT2D eigenvalue weighted by Crippen LogP contribution is -2.45. The maximum absolute atomic E-state index is 12.2. The number of nitrogens with zero attached hydrogens (tertiary/aromatic N) is 1. The summed E-state index contributed by atoms with van der Waals surface area (Å²) in [6.45, 7) is 10.3. The van der Waals surface area contributed by atoms with Crippen LogP contribution in [0.4, 0.5) is 4.79 Å². The summed E-state index contributed by atoms with van der Waals surface area (Å²) in [6.07, 6.45) is 4.67. The van der Waals surface area contributed by atoms with Crippen molar-refractivity contribution in [3.05, 3.63) is 24.2 Å². The molecule has 1 N–H and O–H groups in total. The first-order valence-corrected chi connectivity index (χ1v) is 8.63. The third-order valence-electron chi connectivity index (χ3n) is 4.12.